The molecule has 1 rings (SSSR count). The Hall–Kier alpha value is -1.08. The molecule has 0 heterocycles. The fraction of sp³-hybridized carbons (Fsp3) is 0.429. The molecule has 1 aromatic rings. The normalized spacial score (nSPS) is 12.7. The molecule has 0 saturated heterocycles. The van der Waals surface area contributed by atoms with Crippen molar-refractivity contribution in [2.45, 2.75) is 33.7 Å². The van der Waals surface area contributed by atoms with Gasteiger partial charge in [0.05, 0.1) is 5.69 Å². The zero-order chi connectivity index (χ0) is 16.4. The third kappa shape index (κ3) is 5.00. The summed E-state index contributed by atoms with van der Waals surface area (Å²) in [6.45, 7) is 7.19. The topological polar surface area (TPSA) is 78.4 Å². The number of hydrogen-bond acceptors (Lipinski definition) is 2. The minimum Gasteiger partial charge on any atom is -0.480 e. The lowest BCUT2D eigenvalue weighted by molar-refractivity contribution is -0.141. The predicted octanol–water partition coefficient (Wildman–Crippen LogP) is 4.14. The Morgan fingerprint density at radius 1 is 1.19 bits per heavy atom. The molecule has 7 heteroatoms. The van der Waals surface area contributed by atoms with Gasteiger partial charge in [0.2, 0.25) is 0 Å². The summed E-state index contributed by atoms with van der Waals surface area (Å²) in [4.78, 5) is 23.3. The Kier molecular flexibility index (Phi) is 5.81. The van der Waals surface area contributed by atoms with Gasteiger partial charge in [-0.15, -0.1) is 0 Å². The highest BCUT2D eigenvalue weighted by atomic mass is 79.9. The third-order valence-corrected chi connectivity index (χ3v) is 4.06. The zero-order valence-corrected chi connectivity index (χ0v) is 15.4. The Morgan fingerprint density at radius 2 is 1.67 bits per heavy atom. The van der Waals surface area contributed by atoms with Crippen molar-refractivity contribution in [3.63, 3.8) is 0 Å². The summed E-state index contributed by atoms with van der Waals surface area (Å²) < 4.78 is 1.43. The number of rotatable bonds is 3. The molecule has 3 N–H and O–H groups in total. The second-order valence-corrected chi connectivity index (χ2v) is 7.55. The fourth-order valence-corrected chi connectivity index (χ4v) is 3.36. The standard InChI is InChI=1S/C14H18Br2N2O3/c1-7-5-8(15)10(9(16)6-7)17-13(21)18-11(12(19)20)14(2,3)4/h5-6,11H,1-4H3,(H,19,20)(H2,17,18,21)/t11-/m0/s1. The van der Waals surface area contributed by atoms with Crippen LogP contribution in [0.1, 0.15) is 26.3 Å². The van der Waals surface area contributed by atoms with Crippen LogP contribution in [0.5, 0.6) is 0 Å². The first-order chi connectivity index (χ1) is 9.52. The van der Waals surface area contributed by atoms with Crippen LogP contribution < -0.4 is 10.6 Å². The average molecular weight is 422 g/mol. The summed E-state index contributed by atoms with van der Waals surface area (Å²) in [6.07, 6.45) is 0. The molecule has 2 amide bonds. The minimum absolute atomic E-state index is 0.552. The molecular weight excluding hydrogens is 404 g/mol. The molecule has 0 spiro atoms. The van der Waals surface area contributed by atoms with E-state index >= 15 is 0 Å². The first kappa shape index (κ1) is 18.0. The number of amides is 2. The van der Waals surface area contributed by atoms with Crippen molar-refractivity contribution in [2.24, 2.45) is 5.41 Å². The molecule has 0 fully saturated rings. The number of urea groups is 1. The summed E-state index contributed by atoms with van der Waals surface area (Å²) in [7, 11) is 0. The molecule has 21 heavy (non-hydrogen) atoms. The summed E-state index contributed by atoms with van der Waals surface area (Å²) in [5.41, 5.74) is 0.985. The molecule has 0 aromatic heterocycles. The lowest BCUT2D eigenvalue weighted by Crippen LogP contribution is -2.50. The molecule has 0 aliphatic heterocycles. The highest BCUT2D eigenvalue weighted by molar-refractivity contribution is 9.11. The van der Waals surface area contributed by atoms with Gasteiger partial charge in [-0.25, -0.2) is 9.59 Å². The van der Waals surface area contributed by atoms with Crippen LogP contribution in [0.2, 0.25) is 0 Å². The van der Waals surface area contributed by atoms with Crippen LogP contribution in [-0.4, -0.2) is 23.1 Å². The molecule has 0 unspecified atom stereocenters. The smallest absolute Gasteiger partial charge is 0.326 e. The van der Waals surface area contributed by atoms with Crippen molar-refractivity contribution in [2.75, 3.05) is 5.32 Å². The van der Waals surface area contributed by atoms with Gasteiger partial charge >= 0.3 is 12.0 Å². The maximum Gasteiger partial charge on any atom is 0.326 e. The number of carbonyl (C=O) groups is 2. The molecule has 0 bridgehead atoms. The van der Waals surface area contributed by atoms with Crippen LogP contribution in [0.3, 0.4) is 0 Å². The van der Waals surface area contributed by atoms with E-state index in [2.05, 4.69) is 42.5 Å². The van der Waals surface area contributed by atoms with Gasteiger partial charge in [-0.2, -0.15) is 0 Å². The first-order valence-corrected chi connectivity index (χ1v) is 7.87. The van der Waals surface area contributed by atoms with Crippen LogP contribution in [0, 0.1) is 12.3 Å². The summed E-state index contributed by atoms with van der Waals surface area (Å²) >= 11 is 6.74. The van der Waals surface area contributed by atoms with Crippen molar-refractivity contribution in [3.05, 3.63) is 26.6 Å². The van der Waals surface area contributed by atoms with Gasteiger partial charge in [0.1, 0.15) is 6.04 Å². The number of carboxylic acid groups (broad SMARTS) is 1. The van der Waals surface area contributed by atoms with Crippen LogP contribution >= 0.6 is 31.9 Å². The van der Waals surface area contributed by atoms with Crippen molar-refractivity contribution in [3.8, 4) is 0 Å². The number of anilines is 1. The van der Waals surface area contributed by atoms with Gasteiger partial charge in [0.15, 0.2) is 0 Å². The van der Waals surface area contributed by atoms with Gasteiger partial charge in [-0.1, -0.05) is 20.8 Å². The van der Waals surface area contributed by atoms with Gasteiger partial charge in [0.25, 0.3) is 0 Å². The van der Waals surface area contributed by atoms with Gasteiger partial charge in [0, 0.05) is 8.95 Å². The van der Waals surface area contributed by atoms with Gasteiger partial charge in [-0.05, 0) is 61.9 Å². The van der Waals surface area contributed by atoms with E-state index in [1.165, 1.54) is 0 Å². The van der Waals surface area contributed by atoms with E-state index in [0.717, 1.165) is 5.56 Å². The fourth-order valence-electron chi connectivity index (χ4n) is 1.75. The maximum atomic E-state index is 12.0. The quantitative estimate of drug-likeness (QED) is 0.686. The summed E-state index contributed by atoms with van der Waals surface area (Å²) in [6, 6.07) is 2.17. The number of aryl methyl sites for hydroxylation is 1. The molecule has 1 atom stereocenters. The van der Waals surface area contributed by atoms with Gasteiger partial charge < -0.3 is 15.7 Å². The maximum absolute atomic E-state index is 12.0. The Morgan fingerprint density at radius 3 is 2.05 bits per heavy atom. The molecule has 0 aliphatic rings. The lowest BCUT2D eigenvalue weighted by Gasteiger charge is -2.27. The average Bonchev–Trinajstić information content (AvgIpc) is 2.28. The number of hydrogen-bond donors (Lipinski definition) is 3. The number of aliphatic carboxylic acids is 1. The van der Waals surface area contributed by atoms with Crippen LogP contribution in [0.25, 0.3) is 0 Å². The second-order valence-electron chi connectivity index (χ2n) is 5.84. The highest BCUT2D eigenvalue weighted by Crippen LogP contribution is 2.32. The number of halogens is 2. The lowest BCUT2D eigenvalue weighted by atomic mass is 9.87. The number of benzene rings is 1. The molecule has 0 saturated carbocycles. The zero-order valence-electron chi connectivity index (χ0n) is 12.3. The SMILES string of the molecule is Cc1cc(Br)c(NC(=O)N[C@@H](C(=O)O)C(C)(C)C)c(Br)c1. The van der Waals surface area contributed by atoms with E-state index in [9.17, 15) is 14.7 Å². The van der Waals surface area contributed by atoms with E-state index in [4.69, 9.17) is 0 Å². The van der Waals surface area contributed by atoms with Gasteiger partial charge in [-0.3, -0.25) is 0 Å². The Balaban J connectivity index is 2.90. The number of carbonyl (C=O) groups excluding carboxylic acids is 1. The molecule has 0 aliphatic carbocycles. The van der Waals surface area contributed by atoms with Crippen molar-refractivity contribution in [1.29, 1.82) is 0 Å². The predicted molar refractivity (Wildman–Crippen MR) is 89.6 cm³/mol. The molecule has 1 aromatic carbocycles. The van der Waals surface area contributed by atoms with E-state index in [1.807, 2.05) is 19.1 Å². The molecule has 116 valence electrons. The first-order valence-electron chi connectivity index (χ1n) is 6.28. The highest BCUT2D eigenvalue weighted by Gasteiger charge is 2.32. The van der Waals surface area contributed by atoms with E-state index < -0.39 is 23.5 Å². The van der Waals surface area contributed by atoms with E-state index in [1.54, 1.807) is 20.8 Å². The monoisotopic (exact) mass is 420 g/mol. The van der Waals surface area contributed by atoms with E-state index in [0.29, 0.717) is 14.6 Å². The second kappa shape index (κ2) is 6.79. The van der Waals surface area contributed by atoms with Crippen LogP contribution in [-0.2, 0) is 4.79 Å². The van der Waals surface area contributed by atoms with Crippen molar-refractivity contribution >= 4 is 49.5 Å². The molecule has 5 nitrogen and oxygen atoms in total. The summed E-state index contributed by atoms with van der Waals surface area (Å²) in [5.74, 6) is -1.07. The van der Waals surface area contributed by atoms with E-state index in [-0.39, 0.29) is 0 Å². The molecular formula is C14H18Br2N2O3. The van der Waals surface area contributed by atoms with Crippen LogP contribution in [0.4, 0.5) is 10.5 Å². The number of nitrogens with one attached hydrogen (secondary N) is 2. The Labute approximate surface area is 140 Å². The largest absolute Gasteiger partial charge is 0.480 e. The third-order valence-electron chi connectivity index (χ3n) is 2.81. The minimum atomic E-state index is -1.07. The van der Waals surface area contributed by atoms with Crippen LogP contribution in [0.15, 0.2) is 21.1 Å². The van der Waals surface area contributed by atoms with Crippen molar-refractivity contribution < 1.29 is 14.7 Å². The van der Waals surface area contributed by atoms with Crippen molar-refractivity contribution in [1.82, 2.24) is 5.32 Å². The Bertz CT molecular complexity index is 545. The molecule has 0 radical (unpaired) electrons. The summed E-state index contributed by atoms with van der Waals surface area (Å²) in [5, 5.41) is 14.3. The number of carboxylic acids is 1.